The molecule has 144 valence electrons. The lowest BCUT2D eigenvalue weighted by Crippen LogP contribution is -2.25. The molecule has 0 saturated carbocycles. The van der Waals surface area contributed by atoms with Gasteiger partial charge < -0.3 is 20.1 Å². The van der Waals surface area contributed by atoms with Gasteiger partial charge in [0.1, 0.15) is 5.75 Å². The maximum absolute atomic E-state index is 12.8. The van der Waals surface area contributed by atoms with Crippen LogP contribution in [0.25, 0.3) is 10.8 Å². The number of methoxy groups -OCH3 is 1. The van der Waals surface area contributed by atoms with Crippen LogP contribution in [0.15, 0.2) is 36.4 Å². The number of hydrogen-bond acceptors (Lipinski definition) is 6. The zero-order valence-corrected chi connectivity index (χ0v) is 15.4. The minimum absolute atomic E-state index is 0.182. The summed E-state index contributed by atoms with van der Waals surface area (Å²) >= 11 is 0. The quantitative estimate of drug-likeness (QED) is 0.585. The Morgan fingerprint density at radius 3 is 2.82 bits per heavy atom. The number of carbonyl (C=O) groups excluding carboxylic acids is 2. The molecule has 4 rings (SSSR count). The first-order valence-electron chi connectivity index (χ1n) is 8.97. The number of anilines is 1. The van der Waals surface area contributed by atoms with E-state index < -0.39 is 5.97 Å². The molecule has 0 saturated heterocycles. The lowest BCUT2D eigenvalue weighted by atomic mass is 10.1. The third-order valence-electron chi connectivity index (χ3n) is 4.73. The third kappa shape index (κ3) is 3.41. The molecule has 2 aromatic carbocycles. The summed E-state index contributed by atoms with van der Waals surface area (Å²) in [7, 11) is 1.31. The van der Waals surface area contributed by atoms with Crippen molar-refractivity contribution in [3.63, 3.8) is 0 Å². The lowest BCUT2D eigenvalue weighted by Gasteiger charge is -2.14. The maximum Gasteiger partial charge on any atom is 0.343 e. The molecule has 1 aliphatic rings. The van der Waals surface area contributed by atoms with Crippen molar-refractivity contribution in [2.75, 3.05) is 25.6 Å². The lowest BCUT2D eigenvalue weighted by molar-refractivity contribution is -0.142. The Balaban J connectivity index is 1.62. The summed E-state index contributed by atoms with van der Waals surface area (Å²) in [5, 5.41) is 14.9. The normalized spacial score (nSPS) is 13.0. The highest BCUT2D eigenvalue weighted by atomic mass is 16.6. The number of aromatic nitrogens is 2. The van der Waals surface area contributed by atoms with Gasteiger partial charge in [-0.25, -0.2) is 4.79 Å². The van der Waals surface area contributed by atoms with Crippen molar-refractivity contribution in [3.05, 3.63) is 53.3 Å². The van der Waals surface area contributed by atoms with Crippen molar-refractivity contribution in [2.45, 2.75) is 13.0 Å². The first kappa shape index (κ1) is 18.0. The van der Waals surface area contributed by atoms with Crippen LogP contribution in [0, 0.1) is 0 Å². The fourth-order valence-electron chi connectivity index (χ4n) is 3.30. The number of nitrogens with zero attached hydrogens (tertiary/aromatic N) is 1. The monoisotopic (exact) mass is 380 g/mol. The summed E-state index contributed by atoms with van der Waals surface area (Å²) in [4.78, 5) is 24.2. The Morgan fingerprint density at radius 1 is 1.18 bits per heavy atom. The predicted octanol–water partition coefficient (Wildman–Crippen LogP) is 2.01. The number of nitrogens with one attached hydrogen (secondary N) is 3. The topological polar surface area (TPSA) is 105 Å². The molecule has 1 aromatic heterocycles. The zero-order valence-electron chi connectivity index (χ0n) is 15.4. The highest BCUT2D eigenvalue weighted by molar-refractivity contribution is 6.10. The molecule has 0 spiro atoms. The first-order valence-corrected chi connectivity index (χ1v) is 8.97. The van der Waals surface area contributed by atoms with Crippen LogP contribution in [0.3, 0.4) is 0 Å². The minimum atomic E-state index is -0.460. The summed E-state index contributed by atoms with van der Waals surface area (Å²) in [6.07, 6.45) is 0.824. The summed E-state index contributed by atoms with van der Waals surface area (Å²) in [5.41, 5.74) is 2.95. The smallest absolute Gasteiger partial charge is 0.343 e. The molecule has 0 radical (unpaired) electrons. The Hall–Kier alpha value is -3.39. The number of carbonyl (C=O) groups is 2. The molecule has 0 bridgehead atoms. The van der Waals surface area contributed by atoms with E-state index in [2.05, 4.69) is 25.6 Å². The highest BCUT2D eigenvalue weighted by Crippen LogP contribution is 2.32. The Kier molecular flexibility index (Phi) is 4.94. The van der Waals surface area contributed by atoms with Crippen molar-refractivity contribution >= 4 is 28.3 Å². The largest absolute Gasteiger partial charge is 0.481 e. The molecule has 1 amide bonds. The van der Waals surface area contributed by atoms with Crippen LogP contribution in [0.5, 0.6) is 5.75 Å². The van der Waals surface area contributed by atoms with Crippen LogP contribution in [0.1, 0.15) is 21.7 Å². The van der Waals surface area contributed by atoms with Gasteiger partial charge in [-0.15, -0.1) is 0 Å². The summed E-state index contributed by atoms with van der Waals surface area (Å²) in [6, 6.07) is 11.0. The van der Waals surface area contributed by atoms with Crippen LogP contribution < -0.4 is 15.4 Å². The average Bonchev–Trinajstić information content (AvgIpc) is 3.17. The molecule has 0 atom stereocenters. The Labute approximate surface area is 161 Å². The van der Waals surface area contributed by atoms with E-state index in [0.717, 1.165) is 35.0 Å². The molecule has 8 nitrogen and oxygen atoms in total. The van der Waals surface area contributed by atoms with Gasteiger partial charge in [-0.05, 0) is 12.1 Å². The third-order valence-corrected chi connectivity index (χ3v) is 4.73. The molecule has 3 N–H and O–H groups in total. The minimum Gasteiger partial charge on any atom is -0.481 e. The second-order valence-electron chi connectivity index (χ2n) is 6.43. The molecule has 0 fully saturated rings. The van der Waals surface area contributed by atoms with Gasteiger partial charge in [-0.2, -0.15) is 5.10 Å². The number of hydrogen-bond donors (Lipinski definition) is 3. The van der Waals surface area contributed by atoms with Gasteiger partial charge in [0.05, 0.1) is 7.11 Å². The van der Waals surface area contributed by atoms with E-state index in [9.17, 15) is 9.59 Å². The number of benzene rings is 2. The number of aromatic amines is 1. The fraction of sp³-hybridized carbons (Fsp3) is 0.250. The summed E-state index contributed by atoms with van der Waals surface area (Å²) < 4.78 is 10.2. The molecule has 1 aliphatic heterocycles. The van der Waals surface area contributed by atoms with Crippen molar-refractivity contribution in [3.8, 4) is 5.75 Å². The molecule has 2 heterocycles. The highest BCUT2D eigenvalue weighted by Gasteiger charge is 2.22. The fourth-order valence-corrected chi connectivity index (χ4v) is 3.30. The van der Waals surface area contributed by atoms with Crippen molar-refractivity contribution in [2.24, 2.45) is 0 Å². The summed E-state index contributed by atoms with van der Waals surface area (Å²) in [5.74, 6) is -0.187. The number of H-pyrrole nitrogens is 1. The zero-order chi connectivity index (χ0) is 19.5. The van der Waals surface area contributed by atoms with E-state index in [1.54, 1.807) is 12.1 Å². The first-order chi connectivity index (χ1) is 13.7. The van der Waals surface area contributed by atoms with Gasteiger partial charge in [0.2, 0.25) is 0 Å². The van der Waals surface area contributed by atoms with E-state index in [1.165, 1.54) is 7.11 Å². The maximum atomic E-state index is 12.8. The van der Waals surface area contributed by atoms with Crippen LogP contribution in [-0.4, -0.2) is 42.3 Å². The van der Waals surface area contributed by atoms with Gasteiger partial charge in [-0.1, -0.05) is 24.3 Å². The van der Waals surface area contributed by atoms with Gasteiger partial charge in [0, 0.05) is 47.2 Å². The second kappa shape index (κ2) is 7.69. The molecule has 3 aromatic rings. The van der Waals surface area contributed by atoms with Crippen molar-refractivity contribution in [1.82, 2.24) is 15.5 Å². The Bertz CT molecular complexity index is 1040. The van der Waals surface area contributed by atoms with E-state index in [-0.39, 0.29) is 12.5 Å². The van der Waals surface area contributed by atoms with Gasteiger partial charge in [0.15, 0.2) is 12.3 Å². The van der Waals surface area contributed by atoms with Gasteiger partial charge >= 0.3 is 5.97 Å². The number of esters is 1. The van der Waals surface area contributed by atoms with Crippen molar-refractivity contribution < 1.29 is 19.1 Å². The van der Waals surface area contributed by atoms with Crippen molar-refractivity contribution in [1.29, 1.82) is 0 Å². The second-order valence-corrected chi connectivity index (χ2v) is 6.43. The number of fused-ring (bicyclic) bond motifs is 2. The van der Waals surface area contributed by atoms with E-state index in [0.29, 0.717) is 23.7 Å². The van der Waals surface area contributed by atoms with Gasteiger partial charge in [-0.3, -0.25) is 9.89 Å². The molecular formula is C20H20N4O4. The van der Waals surface area contributed by atoms with Crippen LogP contribution in [0.4, 0.5) is 5.69 Å². The molecule has 0 aliphatic carbocycles. The van der Waals surface area contributed by atoms with Crippen LogP contribution in [0.2, 0.25) is 0 Å². The van der Waals surface area contributed by atoms with E-state index in [4.69, 9.17) is 4.74 Å². The van der Waals surface area contributed by atoms with Crippen LogP contribution in [-0.2, 0) is 22.5 Å². The van der Waals surface area contributed by atoms with E-state index in [1.807, 2.05) is 24.3 Å². The molecule has 28 heavy (non-hydrogen) atoms. The SMILES string of the molecule is COC(=O)COc1ccc(NC(=O)c2n[nH]c3c2CNCC3)c2ccccc12. The average molecular weight is 380 g/mol. The number of ether oxygens (including phenoxy) is 2. The predicted molar refractivity (Wildman–Crippen MR) is 103 cm³/mol. The number of amides is 1. The molecular weight excluding hydrogens is 360 g/mol. The molecule has 8 heteroatoms. The van der Waals surface area contributed by atoms with Gasteiger partial charge in [0.25, 0.3) is 5.91 Å². The summed E-state index contributed by atoms with van der Waals surface area (Å²) in [6.45, 7) is 1.31. The standard InChI is InChI=1S/C20H20N4O4/c1-27-18(25)11-28-17-7-6-15(12-4-2-3-5-13(12)17)22-20(26)19-14-10-21-9-8-16(14)23-24-19/h2-7,21H,8-11H2,1H3,(H,22,26)(H,23,24). The molecule has 0 unspecified atom stereocenters. The number of rotatable bonds is 5. The Morgan fingerprint density at radius 2 is 2.00 bits per heavy atom. The van der Waals surface area contributed by atoms with E-state index >= 15 is 0 Å². The van der Waals surface area contributed by atoms with Crippen LogP contribution >= 0.6 is 0 Å².